The highest BCUT2D eigenvalue weighted by atomic mass is 32.1. The zero-order valence-corrected chi connectivity index (χ0v) is 12.2. The standard InChI is InChI=1S/C14H13N3O2S/c1-9-13(20-14(16-9)17-10(2)18)5-4-11-6-12(19-3)8-15-7-11/h6-8H,1-3H3,(H,16,17,18). The van der Waals surface area contributed by atoms with Gasteiger partial charge in [0.25, 0.3) is 0 Å². The van der Waals surface area contributed by atoms with Gasteiger partial charge in [-0.2, -0.15) is 0 Å². The number of aromatic nitrogens is 2. The molecule has 0 aliphatic heterocycles. The van der Waals surface area contributed by atoms with Crippen molar-refractivity contribution in [2.45, 2.75) is 13.8 Å². The molecule has 5 nitrogen and oxygen atoms in total. The van der Waals surface area contributed by atoms with Crippen LogP contribution in [0.3, 0.4) is 0 Å². The van der Waals surface area contributed by atoms with Gasteiger partial charge in [0, 0.05) is 18.7 Å². The Hall–Kier alpha value is -2.39. The van der Waals surface area contributed by atoms with Crippen molar-refractivity contribution in [2.75, 3.05) is 12.4 Å². The number of hydrogen-bond donors (Lipinski definition) is 1. The maximum Gasteiger partial charge on any atom is 0.223 e. The molecule has 2 aromatic rings. The maximum atomic E-state index is 11.0. The summed E-state index contributed by atoms with van der Waals surface area (Å²) in [5.74, 6) is 6.56. The summed E-state index contributed by atoms with van der Waals surface area (Å²) in [6.07, 6.45) is 3.29. The summed E-state index contributed by atoms with van der Waals surface area (Å²) < 4.78 is 5.09. The highest BCUT2D eigenvalue weighted by Crippen LogP contribution is 2.21. The number of methoxy groups -OCH3 is 1. The molecule has 0 bridgehead atoms. The zero-order valence-electron chi connectivity index (χ0n) is 11.4. The number of hydrogen-bond acceptors (Lipinski definition) is 5. The van der Waals surface area contributed by atoms with Crippen LogP contribution in [-0.2, 0) is 4.79 Å². The smallest absolute Gasteiger partial charge is 0.223 e. The normalized spacial score (nSPS) is 9.55. The molecule has 0 aliphatic rings. The van der Waals surface area contributed by atoms with E-state index in [0.29, 0.717) is 10.9 Å². The lowest BCUT2D eigenvalue weighted by Crippen LogP contribution is -2.04. The zero-order chi connectivity index (χ0) is 14.5. The summed E-state index contributed by atoms with van der Waals surface area (Å²) in [7, 11) is 1.58. The first-order valence-electron chi connectivity index (χ1n) is 5.84. The molecule has 0 aliphatic carbocycles. The average Bonchev–Trinajstić information content (AvgIpc) is 2.76. The van der Waals surface area contributed by atoms with Crippen molar-refractivity contribution >= 4 is 22.4 Å². The molecule has 1 N–H and O–H groups in total. The fraction of sp³-hybridized carbons (Fsp3) is 0.214. The lowest BCUT2D eigenvalue weighted by Gasteiger charge is -1.97. The molecule has 2 rings (SSSR count). The summed E-state index contributed by atoms with van der Waals surface area (Å²) in [6.45, 7) is 3.31. The van der Waals surface area contributed by atoms with Gasteiger partial charge in [-0.05, 0) is 18.9 Å². The fourth-order valence-electron chi connectivity index (χ4n) is 1.44. The van der Waals surface area contributed by atoms with Crippen LogP contribution < -0.4 is 10.1 Å². The number of anilines is 1. The van der Waals surface area contributed by atoms with Gasteiger partial charge in [-0.1, -0.05) is 17.3 Å². The van der Waals surface area contributed by atoms with Gasteiger partial charge in [-0.15, -0.1) is 0 Å². The summed E-state index contributed by atoms with van der Waals surface area (Å²) in [5, 5.41) is 3.21. The molecule has 2 heterocycles. The van der Waals surface area contributed by atoms with Crippen LogP contribution in [0.15, 0.2) is 18.5 Å². The molecule has 2 aromatic heterocycles. The quantitative estimate of drug-likeness (QED) is 0.860. The van der Waals surface area contributed by atoms with Crippen molar-refractivity contribution in [3.05, 3.63) is 34.6 Å². The Labute approximate surface area is 121 Å². The van der Waals surface area contributed by atoms with Gasteiger partial charge in [0.1, 0.15) is 10.6 Å². The van der Waals surface area contributed by atoms with Crippen molar-refractivity contribution < 1.29 is 9.53 Å². The Morgan fingerprint density at radius 3 is 2.90 bits per heavy atom. The van der Waals surface area contributed by atoms with Gasteiger partial charge in [-0.25, -0.2) is 4.98 Å². The van der Waals surface area contributed by atoms with E-state index < -0.39 is 0 Å². The lowest BCUT2D eigenvalue weighted by atomic mass is 10.2. The number of aryl methyl sites for hydroxylation is 1. The van der Waals surface area contributed by atoms with Crippen molar-refractivity contribution in [1.29, 1.82) is 0 Å². The minimum atomic E-state index is -0.143. The van der Waals surface area contributed by atoms with E-state index in [9.17, 15) is 4.79 Å². The Bertz CT molecular complexity index is 698. The highest BCUT2D eigenvalue weighted by molar-refractivity contribution is 7.16. The topological polar surface area (TPSA) is 64.1 Å². The van der Waals surface area contributed by atoms with Crippen molar-refractivity contribution in [3.63, 3.8) is 0 Å². The summed E-state index contributed by atoms with van der Waals surface area (Å²) in [5.41, 5.74) is 1.56. The molecule has 0 radical (unpaired) electrons. The first kappa shape index (κ1) is 14.0. The van der Waals surface area contributed by atoms with Gasteiger partial charge in [-0.3, -0.25) is 9.78 Å². The van der Waals surface area contributed by atoms with Gasteiger partial charge in [0.05, 0.1) is 19.0 Å². The number of nitrogens with zero attached hydrogens (tertiary/aromatic N) is 2. The van der Waals surface area contributed by atoms with E-state index in [4.69, 9.17) is 4.74 Å². The number of pyridine rings is 1. The van der Waals surface area contributed by atoms with Gasteiger partial charge < -0.3 is 10.1 Å². The van der Waals surface area contributed by atoms with Crippen LogP contribution in [0, 0.1) is 18.8 Å². The molecule has 0 spiro atoms. The lowest BCUT2D eigenvalue weighted by molar-refractivity contribution is -0.114. The molecule has 6 heteroatoms. The van der Waals surface area contributed by atoms with Crippen molar-refractivity contribution in [3.8, 4) is 17.6 Å². The molecule has 1 amide bonds. The Balaban J connectivity index is 2.23. The third-order valence-electron chi connectivity index (χ3n) is 2.35. The van der Waals surface area contributed by atoms with E-state index in [1.54, 1.807) is 19.5 Å². The number of rotatable bonds is 2. The number of ether oxygens (including phenoxy) is 1. The molecular weight excluding hydrogens is 274 g/mol. The summed E-state index contributed by atoms with van der Waals surface area (Å²) in [6, 6.07) is 1.81. The predicted octanol–water partition coefficient (Wildman–Crippen LogP) is 2.21. The maximum absolute atomic E-state index is 11.0. The van der Waals surface area contributed by atoms with Crippen LogP contribution in [0.5, 0.6) is 5.75 Å². The van der Waals surface area contributed by atoms with Gasteiger partial charge in [0.15, 0.2) is 5.13 Å². The Kier molecular flexibility index (Phi) is 4.33. The Morgan fingerprint density at radius 2 is 2.20 bits per heavy atom. The number of amides is 1. The third kappa shape index (κ3) is 3.56. The van der Waals surface area contributed by atoms with E-state index >= 15 is 0 Å². The molecule has 0 aromatic carbocycles. The molecule has 102 valence electrons. The van der Waals surface area contributed by atoms with Crippen molar-refractivity contribution in [2.24, 2.45) is 0 Å². The van der Waals surface area contributed by atoms with Crippen LogP contribution >= 0.6 is 11.3 Å². The molecule has 20 heavy (non-hydrogen) atoms. The minimum absolute atomic E-state index is 0.143. The van der Waals surface area contributed by atoms with E-state index in [2.05, 4.69) is 27.1 Å². The highest BCUT2D eigenvalue weighted by Gasteiger charge is 2.06. The van der Waals surface area contributed by atoms with Crippen LogP contribution in [0.1, 0.15) is 23.1 Å². The molecule has 0 unspecified atom stereocenters. The number of carbonyl (C=O) groups is 1. The van der Waals surface area contributed by atoms with Gasteiger partial charge in [0.2, 0.25) is 5.91 Å². The SMILES string of the molecule is COc1cncc(C#Cc2sc(NC(C)=O)nc2C)c1. The van der Waals surface area contributed by atoms with E-state index in [0.717, 1.165) is 16.1 Å². The minimum Gasteiger partial charge on any atom is -0.495 e. The molecule has 0 saturated carbocycles. The second-order valence-electron chi connectivity index (χ2n) is 3.98. The van der Waals surface area contributed by atoms with E-state index in [1.165, 1.54) is 18.3 Å². The molecule has 0 atom stereocenters. The largest absolute Gasteiger partial charge is 0.495 e. The average molecular weight is 287 g/mol. The van der Waals surface area contributed by atoms with Crippen LogP contribution in [0.4, 0.5) is 5.13 Å². The van der Waals surface area contributed by atoms with Crippen LogP contribution in [0.2, 0.25) is 0 Å². The van der Waals surface area contributed by atoms with E-state index in [-0.39, 0.29) is 5.91 Å². The van der Waals surface area contributed by atoms with E-state index in [1.807, 2.05) is 13.0 Å². The Morgan fingerprint density at radius 1 is 1.40 bits per heavy atom. The molecule has 0 fully saturated rings. The fourth-order valence-corrected chi connectivity index (χ4v) is 2.31. The van der Waals surface area contributed by atoms with Crippen molar-refractivity contribution in [1.82, 2.24) is 9.97 Å². The summed E-state index contributed by atoms with van der Waals surface area (Å²) >= 11 is 1.35. The van der Waals surface area contributed by atoms with Gasteiger partial charge >= 0.3 is 0 Å². The number of nitrogens with one attached hydrogen (secondary N) is 1. The van der Waals surface area contributed by atoms with Crippen LogP contribution in [0.25, 0.3) is 0 Å². The third-order valence-corrected chi connectivity index (χ3v) is 3.34. The summed E-state index contributed by atoms with van der Waals surface area (Å²) in [4.78, 5) is 20.1. The second kappa shape index (κ2) is 6.17. The first-order valence-corrected chi connectivity index (χ1v) is 6.66. The monoisotopic (exact) mass is 287 g/mol. The first-order chi connectivity index (χ1) is 9.58. The van der Waals surface area contributed by atoms with Crippen LogP contribution in [-0.4, -0.2) is 23.0 Å². The number of thiazole rings is 1. The molecule has 0 saturated heterocycles. The predicted molar refractivity (Wildman–Crippen MR) is 77.9 cm³/mol. The second-order valence-corrected chi connectivity index (χ2v) is 4.98. The molecular formula is C14H13N3O2S. The number of carbonyl (C=O) groups excluding carboxylic acids is 1.